The fraction of sp³-hybridized carbons (Fsp3) is 0.0625. The van der Waals surface area contributed by atoms with Crippen molar-refractivity contribution in [3.05, 3.63) is 96.0 Å². The Morgan fingerprint density at radius 3 is 1.92 bits per heavy atom. The Balaban J connectivity index is 1.79. The summed E-state index contributed by atoms with van der Waals surface area (Å²) < 4.78 is 11.3. The number of nitrogens with one attached hydrogen (secondary N) is 2. The summed E-state index contributed by atoms with van der Waals surface area (Å²) in [6.45, 7) is 0. The molecule has 0 aliphatic heterocycles. The predicted molar refractivity (Wildman–Crippen MR) is 154 cm³/mol. The lowest BCUT2D eigenvalue weighted by Crippen LogP contribution is -1.94. The third kappa shape index (κ3) is 3.16. The van der Waals surface area contributed by atoms with E-state index in [9.17, 15) is 0 Å². The Morgan fingerprint density at radius 2 is 1.22 bits per heavy atom. The topological polar surface area (TPSA) is 50.0 Å². The maximum atomic E-state index is 6.90. The second kappa shape index (κ2) is 8.32. The second-order valence-corrected chi connectivity index (χ2v) is 9.55. The Bertz CT molecular complexity index is 1980. The van der Waals surface area contributed by atoms with E-state index >= 15 is 0 Å². The monoisotopic (exact) mass is 502 g/mol. The number of aromatic nitrogens is 2. The van der Waals surface area contributed by atoms with Gasteiger partial charge in [0.25, 0.3) is 0 Å². The molecule has 2 aromatic heterocycles. The summed E-state index contributed by atoms with van der Waals surface area (Å²) >= 11 is 6.90. The highest BCUT2D eigenvalue weighted by molar-refractivity contribution is 6.37. The summed E-state index contributed by atoms with van der Waals surface area (Å²) in [6, 6.07) is 31.0. The zero-order valence-corrected chi connectivity index (χ0v) is 21.1. The van der Waals surface area contributed by atoms with Gasteiger partial charge < -0.3 is 19.4 Å². The van der Waals surface area contributed by atoms with Gasteiger partial charge in [-0.2, -0.15) is 0 Å². The zero-order valence-electron chi connectivity index (χ0n) is 20.4. The normalized spacial score (nSPS) is 11.6. The average molecular weight is 503 g/mol. The van der Waals surface area contributed by atoms with E-state index in [0.29, 0.717) is 16.5 Å². The van der Waals surface area contributed by atoms with Gasteiger partial charge in [0.2, 0.25) is 0 Å². The van der Waals surface area contributed by atoms with Crippen molar-refractivity contribution in [1.29, 1.82) is 0 Å². The number of methoxy groups -OCH3 is 2. The molecule has 7 aromatic rings. The Morgan fingerprint density at radius 1 is 0.595 bits per heavy atom. The molecule has 180 valence electrons. The number of benzene rings is 5. The van der Waals surface area contributed by atoms with Crippen LogP contribution >= 0.6 is 11.6 Å². The molecule has 2 heterocycles. The number of H-pyrrole nitrogens is 2. The van der Waals surface area contributed by atoms with Crippen LogP contribution in [0.25, 0.3) is 65.9 Å². The Hall–Kier alpha value is -4.41. The third-order valence-corrected chi connectivity index (χ3v) is 7.56. The summed E-state index contributed by atoms with van der Waals surface area (Å²) in [5, 5.41) is 5.32. The number of hydrogen-bond acceptors (Lipinski definition) is 2. The number of para-hydroxylation sites is 2. The van der Waals surface area contributed by atoms with E-state index in [4.69, 9.17) is 21.1 Å². The van der Waals surface area contributed by atoms with Crippen LogP contribution in [0.5, 0.6) is 11.5 Å². The minimum Gasteiger partial charge on any atom is -0.493 e. The molecule has 0 saturated heterocycles. The molecule has 0 aliphatic carbocycles. The third-order valence-electron chi connectivity index (χ3n) is 7.23. The lowest BCUT2D eigenvalue weighted by molar-refractivity contribution is 0.355. The van der Waals surface area contributed by atoms with E-state index in [2.05, 4.69) is 70.6 Å². The zero-order chi connectivity index (χ0) is 25.1. The first-order chi connectivity index (χ1) is 18.2. The van der Waals surface area contributed by atoms with Crippen molar-refractivity contribution in [1.82, 2.24) is 9.97 Å². The number of rotatable bonds is 4. The molecule has 0 aliphatic rings. The van der Waals surface area contributed by atoms with Gasteiger partial charge in [-0.3, -0.25) is 0 Å². The summed E-state index contributed by atoms with van der Waals surface area (Å²) in [6.07, 6.45) is 0. The van der Waals surface area contributed by atoms with Crippen LogP contribution in [0.4, 0.5) is 0 Å². The molecule has 0 unspecified atom stereocenters. The highest BCUT2D eigenvalue weighted by atomic mass is 35.5. The molecular formula is C32H23ClN2O2. The van der Waals surface area contributed by atoms with Gasteiger partial charge in [-0.15, -0.1) is 0 Å². The molecule has 4 nitrogen and oxygen atoms in total. The minimum atomic E-state index is 0.676. The lowest BCUT2D eigenvalue weighted by atomic mass is 9.88. The number of aromatic amines is 2. The van der Waals surface area contributed by atoms with Gasteiger partial charge >= 0.3 is 0 Å². The highest BCUT2D eigenvalue weighted by Crippen LogP contribution is 2.50. The smallest absolute Gasteiger partial charge is 0.161 e. The van der Waals surface area contributed by atoms with Gasteiger partial charge in [0.05, 0.1) is 25.3 Å². The molecule has 0 fully saturated rings. The maximum Gasteiger partial charge on any atom is 0.161 e. The van der Waals surface area contributed by atoms with Crippen LogP contribution in [0.15, 0.2) is 91.0 Å². The van der Waals surface area contributed by atoms with E-state index in [1.807, 2.05) is 30.3 Å². The minimum absolute atomic E-state index is 0.676. The molecule has 0 atom stereocenters. The largest absolute Gasteiger partial charge is 0.493 e. The first-order valence-electron chi connectivity index (χ1n) is 12.1. The standard InChI is InChI=1S/C32H23ClN2O2/c1-36-25-16-15-18(17-26(25)37-2)27-28(19-9-3-6-12-22(19)33)31-30(21-11-5-8-14-24(21)35-31)32-29(27)20-10-4-7-13-23(20)34-32/h3-17,34-35H,1-2H3. The first-order valence-corrected chi connectivity index (χ1v) is 12.5. The molecule has 0 radical (unpaired) electrons. The van der Waals surface area contributed by atoms with Gasteiger partial charge in [0, 0.05) is 54.3 Å². The summed E-state index contributed by atoms with van der Waals surface area (Å²) in [7, 11) is 3.32. The quantitative estimate of drug-likeness (QED) is 0.252. The van der Waals surface area contributed by atoms with Crippen molar-refractivity contribution in [2.75, 3.05) is 14.2 Å². The second-order valence-electron chi connectivity index (χ2n) is 9.14. The molecular weight excluding hydrogens is 480 g/mol. The molecule has 0 spiro atoms. The fourth-order valence-corrected chi connectivity index (χ4v) is 5.87. The number of hydrogen-bond donors (Lipinski definition) is 2. The lowest BCUT2D eigenvalue weighted by Gasteiger charge is -2.17. The van der Waals surface area contributed by atoms with Crippen molar-refractivity contribution in [2.45, 2.75) is 0 Å². The van der Waals surface area contributed by atoms with E-state index in [-0.39, 0.29) is 0 Å². The van der Waals surface area contributed by atoms with Crippen LogP contribution in [-0.4, -0.2) is 24.2 Å². The summed E-state index contributed by atoms with van der Waals surface area (Å²) in [5.41, 5.74) is 8.42. The van der Waals surface area contributed by atoms with Gasteiger partial charge in [0.15, 0.2) is 11.5 Å². The van der Waals surface area contributed by atoms with Gasteiger partial charge in [-0.05, 0) is 35.9 Å². The summed E-state index contributed by atoms with van der Waals surface area (Å²) in [4.78, 5) is 7.48. The van der Waals surface area contributed by atoms with Crippen LogP contribution < -0.4 is 9.47 Å². The Kier molecular flexibility index (Phi) is 4.91. The summed E-state index contributed by atoms with van der Waals surface area (Å²) in [5.74, 6) is 1.36. The van der Waals surface area contributed by atoms with E-state index < -0.39 is 0 Å². The van der Waals surface area contributed by atoms with Crippen LogP contribution in [0.1, 0.15) is 0 Å². The average Bonchev–Trinajstić information content (AvgIpc) is 3.51. The van der Waals surface area contributed by atoms with Crippen LogP contribution in [0.3, 0.4) is 0 Å². The van der Waals surface area contributed by atoms with Crippen LogP contribution in [0, 0.1) is 0 Å². The van der Waals surface area contributed by atoms with Crippen LogP contribution in [-0.2, 0) is 0 Å². The van der Waals surface area contributed by atoms with E-state index in [0.717, 1.165) is 60.5 Å². The Labute approximate surface area is 218 Å². The number of ether oxygens (including phenoxy) is 2. The number of halogens is 1. The molecule has 2 N–H and O–H groups in total. The molecule has 37 heavy (non-hydrogen) atoms. The SMILES string of the molecule is COc1ccc(-c2c(-c3ccccc3Cl)c3[nH]c4ccccc4c3c3[nH]c4ccccc4c23)cc1OC. The van der Waals surface area contributed by atoms with E-state index in [1.54, 1.807) is 14.2 Å². The van der Waals surface area contributed by atoms with Crippen molar-refractivity contribution in [3.8, 4) is 33.8 Å². The molecule has 5 aromatic carbocycles. The van der Waals surface area contributed by atoms with Crippen molar-refractivity contribution < 1.29 is 9.47 Å². The highest BCUT2D eigenvalue weighted by Gasteiger charge is 2.25. The number of fused-ring (bicyclic) bond motifs is 7. The van der Waals surface area contributed by atoms with Crippen LogP contribution in [0.2, 0.25) is 5.02 Å². The molecule has 0 bridgehead atoms. The molecule has 0 amide bonds. The fourth-order valence-electron chi connectivity index (χ4n) is 5.64. The first kappa shape index (κ1) is 21.8. The van der Waals surface area contributed by atoms with E-state index in [1.165, 1.54) is 5.39 Å². The van der Waals surface area contributed by atoms with Crippen molar-refractivity contribution in [3.63, 3.8) is 0 Å². The van der Waals surface area contributed by atoms with Gasteiger partial charge in [-0.1, -0.05) is 72.3 Å². The van der Waals surface area contributed by atoms with Gasteiger partial charge in [0.1, 0.15) is 0 Å². The maximum absolute atomic E-state index is 6.90. The molecule has 7 rings (SSSR count). The molecule has 5 heteroatoms. The predicted octanol–water partition coefficient (Wildman–Crippen LogP) is 8.96. The van der Waals surface area contributed by atoms with Gasteiger partial charge in [-0.25, -0.2) is 0 Å². The molecule has 0 saturated carbocycles. The van der Waals surface area contributed by atoms with Crippen molar-refractivity contribution in [2.24, 2.45) is 0 Å². The van der Waals surface area contributed by atoms with Crippen molar-refractivity contribution >= 4 is 55.2 Å².